The first-order valence-corrected chi connectivity index (χ1v) is 10.9. The van der Waals surface area contributed by atoms with Crippen molar-refractivity contribution in [2.45, 2.75) is 62.5 Å². The van der Waals surface area contributed by atoms with Crippen molar-refractivity contribution in [1.82, 2.24) is 4.90 Å². The normalized spacial score (nSPS) is 37.7. The highest BCUT2D eigenvalue weighted by atomic mass is 16.5. The predicted molar refractivity (Wildman–Crippen MR) is 106 cm³/mol. The average Bonchev–Trinajstić information content (AvgIpc) is 3.08. The smallest absolute Gasteiger partial charge is 0.326 e. The van der Waals surface area contributed by atoms with Crippen LogP contribution in [0, 0.1) is 17.8 Å². The number of amides is 1. The number of hydrogen-bond donors (Lipinski definition) is 2. The van der Waals surface area contributed by atoms with Gasteiger partial charge < -0.3 is 19.8 Å². The van der Waals surface area contributed by atoms with E-state index in [0.29, 0.717) is 11.2 Å². The van der Waals surface area contributed by atoms with Gasteiger partial charge in [0.15, 0.2) is 6.61 Å². The number of hydrogen-bond acceptors (Lipinski definition) is 4. The third-order valence-corrected chi connectivity index (χ3v) is 7.75. The van der Waals surface area contributed by atoms with Crippen LogP contribution in [0.1, 0.15) is 50.5 Å². The zero-order valence-electron chi connectivity index (χ0n) is 16.6. The van der Waals surface area contributed by atoms with E-state index in [0.717, 1.165) is 17.8 Å². The third kappa shape index (κ3) is 3.41. The summed E-state index contributed by atoms with van der Waals surface area (Å²) >= 11 is 0. The molecule has 2 N–H and O–H groups in total. The van der Waals surface area contributed by atoms with Gasteiger partial charge in [-0.05, 0) is 79.4 Å². The van der Waals surface area contributed by atoms with Crippen LogP contribution < -0.4 is 4.74 Å². The fourth-order valence-electron chi connectivity index (χ4n) is 6.92. The van der Waals surface area contributed by atoms with Gasteiger partial charge in [0.05, 0.1) is 6.10 Å². The van der Waals surface area contributed by atoms with Crippen molar-refractivity contribution in [1.29, 1.82) is 0 Å². The summed E-state index contributed by atoms with van der Waals surface area (Å²) in [5.41, 5.74) is 1.74. The van der Waals surface area contributed by atoms with E-state index < -0.39 is 24.0 Å². The van der Waals surface area contributed by atoms with Crippen molar-refractivity contribution >= 4 is 11.9 Å². The Labute approximate surface area is 170 Å². The van der Waals surface area contributed by atoms with Crippen molar-refractivity contribution in [3.8, 4) is 5.75 Å². The van der Waals surface area contributed by atoms with E-state index in [2.05, 4.69) is 12.1 Å². The molecule has 5 aliphatic rings. The predicted octanol–water partition coefficient (Wildman–Crippen LogP) is 2.58. The van der Waals surface area contributed by atoms with Crippen LogP contribution in [0.2, 0.25) is 0 Å². The van der Waals surface area contributed by atoms with Gasteiger partial charge in [-0.25, -0.2) is 4.79 Å². The molecule has 4 aliphatic carbocycles. The third-order valence-electron chi connectivity index (χ3n) is 7.75. The Morgan fingerprint density at radius 2 is 1.59 bits per heavy atom. The molecule has 4 bridgehead atoms. The van der Waals surface area contributed by atoms with Crippen LogP contribution in [-0.2, 0) is 15.0 Å². The molecular weight excluding hydrogens is 370 g/mol. The Balaban J connectivity index is 1.23. The van der Waals surface area contributed by atoms with Crippen LogP contribution in [0.25, 0.3) is 0 Å². The lowest BCUT2D eigenvalue weighted by Crippen LogP contribution is -2.48. The maximum atomic E-state index is 12.4. The van der Waals surface area contributed by atoms with E-state index in [9.17, 15) is 19.8 Å². The molecule has 1 aromatic rings. The summed E-state index contributed by atoms with van der Waals surface area (Å²) in [6.07, 6.45) is 7.48. The zero-order chi connectivity index (χ0) is 20.2. The minimum atomic E-state index is -1.09. The lowest BCUT2D eigenvalue weighted by Gasteiger charge is -2.57. The lowest BCUT2D eigenvalue weighted by molar-refractivity contribution is -0.148. The van der Waals surface area contributed by atoms with Gasteiger partial charge in [0.2, 0.25) is 0 Å². The second-order valence-corrected chi connectivity index (χ2v) is 9.80. The average molecular weight is 399 g/mol. The lowest BCUT2D eigenvalue weighted by atomic mass is 9.48. The van der Waals surface area contributed by atoms with E-state index in [-0.39, 0.29) is 19.6 Å². The maximum absolute atomic E-state index is 12.4. The van der Waals surface area contributed by atoms with Crippen LogP contribution in [0.15, 0.2) is 24.3 Å². The Morgan fingerprint density at radius 1 is 1.00 bits per heavy atom. The molecule has 6 nitrogen and oxygen atoms in total. The van der Waals surface area contributed by atoms with Crippen molar-refractivity contribution in [2.75, 3.05) is 13.2 Å². The molecule has 5 fully saturated rings. The maximum Gasteiger partial charge on any atom is 0.326 e. The quantitative estimate of drug-likeness (QED) is 0.795. The number of nitrogens with zero attached hydrogens (tertiary/aromatic N) is 1. The number of likely N-dealkylation sites (tertiary alicyclic amines) is 1. The summed E-state index contributed by atoms with van der Waals surface area (Å²) in [4.78, 5) is 24.9. The largest absolute Gasteiger partial charge is 0.484 e. The van der Waals surface area contributed by atoms with Crippen molar-refractivity contribution < 1.29 is 24.5 Å². The molecule has 0 unspecified atom stereocenters. The summed E-state index contributed by atoms with van der Waals surface area (Å²) in [5, 5.41) is 18.9. The number of aliphatic hydroxyl groups excluding tert-OH is 1. The number of benzene rings is 1. The Kier molecular flexibility index (Phi) is 4.57. The summed E-state index contributed by atoms with van der Waals surface area (Å²) < 4.78 is 5.65. The number of carbonyl (C=O) groups excluding carboxylic acids is 1. The molecule has 1 aromatic carbocycles. The van der Waals surface area contributed by atoms with E-state index in [1.165, 1.54) is 49.0 Å². The van der Waals surface area contributed by atoms with E-state index in [1.54, 1.807) is 0 Å². The molecular formula is C23H29NO5. The fraction of sp³-hybridized carbons (Fsp3) is 0.652. The van der Waals surface area contributed by atoms with E-state index in [4.69, 9.17) is 4.74 Å². The number of β-amino-alcohol motifs (C(OH)–C–C–N with tert-alkyl or cyclic N) is 1. The van der Waals surface area contributed by atoms with E-state index >= 15 is 0 Å². The Morgan fingerprint density at radius 3 is 2.14 bits per heavy atom. The van der Waals surface area contributed by atoms with Gasteiger partial charge in [-0.2, -0.15) is 0 Å². The molecule has 156 valence electrons. The first-order chi connectivity index (χ1) is 13.9. The first kappa shape index (κ1) is 18.9. The molecule has 2 atom stereocenters. The van der Waals surface area contributed by atoms with Gasteiger partial charge >= 0.3 is 5.97 Å². The van der Waals surface area contributed by atoms with Gasteiger partial charge in [0.1, 0.15) is 11.8 Å². The number of rotatable bonds is 5. The van der Waals surface area contributed by atoms with Gasteiger partial charge in [-0.1, -0.05) is 12.1 Å². The van der Waals surface area contributed by atoms with Crippen LogP contribution in [0.4, 0.5) is 0 Å². The molecule has 6 heteroatoms. The highest BCUT2D eigenvalue weighted by Gasteiger charge is 2.51. The Bertz CT molecular complexity index is 769. The summed E-state index contributed by atoms with van der Waals surface area (Å²) in [5.74, 6) is 1.82. The minimum absolute atomic E-state index is 0.0458. The molecule has 0 aromatic heterocycles. The number of carboxylic acid groups (broad SMARTS) is 1. The molecule has 0 spiro atoms. The van der Waals surface area contributed by atoms with Gasteiger partial charge in [0, 0.05) is 13.0 Å². The van der Waals surface area contributed by atoms with Crippen molar-refractivity contribution in [3.05, 3.63) is 29.8 Å². The van der Waals surface area contributed by atoms with E-state index in [1.807, 2.05) is 12.1 Å². The highest BCUT2D eigenvalue weighted by Crippen LogP contribution is 2.60. The number of carbonyl (C=O) groups is 2. The van der Waals surface area contributed by atoms with Gasteiger partial charge in [-0.3, -0.25) is 4.79 Å². The summed E-state index contributed by atoms with van der Waals surface area (Å²) in [7, 11) is 0. The highest BCUT2D eigenvalue weighted by molar-refractivity contribution is 5.85. The minimum Gasteiger partial charge on any atom is -0.484 e. The second-order valence-electron chi connectivity index (χ2n) is 9.80. The topological polar surface area (TPSA) is 87.1 Å². The molecule has 1 saturated heterocycles. The number of aliphatic carboxylic acids is 1. The molecule has 6 rings (SSSR count). The first-order valence-electron chi connectivity index (χ1n) is 10.9. The molecule has 4 saturated carbocycles. The van der Waals surface area contributed by atoms with Crippen LogP contribution in [0.5, 0.6) is 5.75 Å². The molecule has 1 heterocycles. The standard InChI is InChI=1S/C23H29NO5/c25-18-8-20(22(27)28)24(12-18)21(26)13-29-19-3-1-17(2-4-19)23-9-14-5-15(10-23)7-16(6-14)11-23/h1-4,14-16,18,20,25H,5-13H2,(H,27,28)/t14?,15?,16?,18-,20-,23?/m0/s1. The molecule has 29 heavy (non-hydrogen) atoms. The second kappa shape index (κ2) is 7.01. The van der Waals surface area contributed by atoms with Crippen LogP contribution in [-0.4, -0.2) is 52.3 Å². The summed E-state index contributed by atoms with van der Waals surface area (Å²) in [6, 6.07) is 7.22. The molecule has 0 radical (unpaired) electrons. The van der Waals surface area contributed by atoms with Crippen LogP contribution >= 0.6 is 0 Å². The van der Waals surface area contributed by atoms with Crippen LogP contribution in [0.3, 0.4) is 0 Å². The number of aliphatic hydroxyl groups is 1. The van der Waals surface area contributed by atoms with Gasteiger partial charge in [-0.15, -0.1) is 0 Å². The number of ether oxygens (including phenoxy) is 1. The number of carboxylic acids is 1. The SMILES string of the molecule is O=C(O)[C@@H]1C[C@H](O)CN1C(=O)COc1ccc(C23CC4CC(CC(C4)C2)C3)cc1. The zero-order valence-corrected chi connectivity index (χ0v) is 16.6. The monoisotopic (exact) mass is 399 g/mol. The van der Waals surface area contributed by atoms with Crippen molar-refractivity contribution in [3.63, 3.8) is 0 Å². The summed E-state index contributed by atoms with van der Waals surface area (Å²) in [6.45, 7) is -0.169. The van der Waals surface area contributed by atoms with Gasteiger partial charge in [0.25, 0.3) is 5.91 Å². The molecule has 1 amide bonds. The molecule has 1 aliphatic heterocycles. The Hall–Kier alpha value is -2.08. The van der Waals surface area contributed by atoms with Crippen molar-refractivity contribution in [2.24, 2.45) is 17.8 Å². The fourth-order valence-corrected chi connectivity index (χ4v) is 6.92.